The van der Waals surface area contributed by atoms with Crippen LogP contribution in [-0.4, -0.2) is 24.1 Å². The number of carboxylic acids is 1. The average Bonchev–Trinajstić information content (AvgIpc) is 3.17. The Kier molecular flexibility index (Phi) is 5.76. The number of fused-ring (bicyclic) bond motifs is 1. The van der Waals surface area contributed by atoms with E-state index >= 15 is 0 Å². The van der Waals surface area contributed by atoms with Crippen LogP contribution < -0.4 is 4.72 Å². The van der Waals surface area contributed by atoms with E-state index in [9.17, 15) is 18.3 Å². The van der Waals surface area contributed by atoms with Crippen molar-refractivity contribution in [2.24, 2.45) is 0 Å². The van der Waals surface area contributed by atoms with Crippen LogP contribution in [0.2, 0.25) is 0 Å². The van der Waals surface area contributed by atoms with Crippen molar-refractivity contribution in [2.75, 3.05) is 4.72 Å². The molecule has 7 heteroatoms. The lowest BCUT2D eigenvalue weighted by molar-refractivity contribution is 0.0699. The Morgan fingerprint density at radius 2 is 1.61 bits per heavy atom. The molecule has 4 aromatic rings. The third-order valence-electron chi connectivity index (χ3n) is 5.63. The standard InChI is InChI=1S/C26H26N2O4S/c1-26(2,3)19-9-13-21(14-10-19)33(31,32)27-20-11-7-18(8-12-20)17-28-16-15-22-23(25(29)30)5-4-6-24(22)28/h4-16,27H,17H2,1-3H3,(H,29,30). The molecule has 0 spiro atoms. The number of nitrogens with one attached hydrogen (secondary N) is 1. The maximum absolute atomic E-state index is 12.8. The van der Waals surface area contributed by atoms with Gasteiger partial charge in [-0.25, -0.2) is 13.2 Å². The maximum atomic E-state index is 12.8. The third-order valence-corrected chi connectivity index (χ3v) is 7.03. The van der Waals surface area contributed by atoms with E-state index in [2.05, 4.69) is 25.5 Å². The van der Waals surface area contributed by atoms with Crippen LogP contribution in [-0.2, 0) is 22.0 Å². The molecule has 3 aromatic carbocycles. The molecule has 0 saturated heterocycles. The number of nitrogens with zero attached hydrogens (tertiary/aromatic N) is 1. The summed E-state index contributed by atoms with van der Waals surface area (Å²) in [5.74, 6) is -0.956. The van der Waals surface area contributed by atoms with Crippen molar-refractivity contribution in [3.8, 4) is 0 Å². The van der Waals surface area contributed by atoms with Gasteiger partial charge in [0.05, 0.1) is 10.5 Å². The first-order valence-corrected chi connectivity index (χ1v) is 12.1. The van der Waals surface area contributed by atoms with Gasteiger partial charge in [0.25, 0.3) is 10.0 Å². The summed E-state index contributed by atoms with van der Waals surface area (Å²) in [5.41, 5.74) is 3.56. The van der Waals surface area contributed by atoms with E-state index in [1.807, 2.05) is 41.1 Å². The number of sulfonamides is 1. The normalized spacial score (nSPS) is 12.1. The highest BCUT2D eigenvalue weighted by Crippen LogP contribution is 2.25. The van der Waals surface area contributed by atoms with E-state index in [0.29, 0.717) is 17.6 Å². The molecular weight excluding hydrogens is 436 g/mol. The summed E-state index contributed by atoms with van der Waals surface area (Å²) in [6, 6.07) is 21.1. The van der Waals surface area contributed by atoms with Gasteiger partial charge in [0.1, 0.15) is 0 Å². The van der Waals surface area contributed by atoms with Crippen molar-refractivity contribution in [2.45, 2.75) is 37.6 Å². The van der Waals surface area contributed by atoms with E-state index in [1.165, 1.54) is 0 Å². The number of rotatable bonds is 6. The minimum absolute atomic E-state index is 0.0498. The number of aromatic carboxylic acids is 1. The molecule has 0 radical (unpaired) electrons. The molecule has 1 heterocycles. The number of carbonyl (C=O) groups is 1. The Labute approximate surface area is 193 Å². The van der Waals surface area contributed by atoms with Crippen LogP contribution in [0.1, 0.15) is 42.3 Å². The largest absolute Gasteiger partial charge is 0.478 e. The lowest BCUT2D eigenvalue weighted by Gasteiger charge is -2.19. The molecule has 0 aliphatic heterocycles. The van der Waals surface area contributed by atoms with Gasteiger partial charge in [0.2, 0.25) is 0 Å². The predicted octanol–water partition coefficient (Wildman–Crippen LogP) is 5.49. The first-order valence-electron chi connectivity index (χ1n) is 10.6. The second-order valence-corrected chi connectivity index (χ2v) is 10.7. The van der Waals surface area contributed by atoms with Crippen LogP contribution in [0, 0.1) is 0 Å². The SMILES string of the molecule is CC(C)(C)c1ccc(S(=O)(=O)Nc2ccc(Cn3ccc4c(C(=O)O)cccc43)cc2)cc1. The maximum Gasteiger partial charge on any atom is 0.336 e. The van der Waals surface area contributed by atoms with Crippen LogP contribution >= 0.6 is 0 Å². The van der Waals surface area contributed by atoms with Gasteiger partial charge in [0, 0.05) is 29.3 Å². The van der Waals surface area contributed by atoms with Crippen molar-refractivity contribution in [1.82, 2.24) is 4.57 Å². The summed E-state index contributed by atoms with van der Waals surface area (Å²) in [7, 11) is -3.69. The number of aromatic nitrogens is 1. The number of anilines is 1. The van der Waals surface area contributed by atoms with Crippen molar-refractivity contribution in [1.29, 1.82) is 0 Å². The topological polar surface area (TPSA) is 88.4 Å². The molecule has 1 aromatic heterocycles. The van der Waals surface area contributed by atoms with Gasteiger partial charge in [-0.15, -0.1) is 0 Å². The summed E-state index contributed by atoms with van der Waals surface area (Å²) in [5, 5.41) is 10.1. The molecule has 0 amide bonds. The fraction of sp³-hybridized carbons (Fsp3) is 0.192. The molecule has 0 bridgehead atoms. The first-order chi connectivity index (χ1) is 15.5. The van der Waals surface area contributed by atoms with Crippen LogP contribution in [0.5, 0.6) is 0 Å². The van der Waals surface area contributed by atoms with Gasteiger partial charge in [-0.2, -0.15) is 0 Å². The zero-order valence-corrected chi connectivity index (χ0v) is 19.6. The third kappa shape index (κ3) is 4.78. The molecule has 170 valence electrons. The molecule has 0 saturated carbocycles. The van der Waals surface area contributed by atoms with E-state index in [-0.39, 0.29) is 15.9 Å². The molecule has 2 N–H and O–H groups in total. The fourth-order valence-corrected chi connectivity index (χ4v) is 4.83. The van der Waals surface area contributed by atoms with Crippen LogP contribution in [0.15, 0.2) is 83.9 Å². The molecule has 0 atom stereocenters. The minimum atomic E-state index is -3.69. The van der Waals surface area contributed by atoms with Gasteiger partial charge in [-0.1, -0.05) is 51.1 Å². The number of carboxylic acid groups (broad SMARTS) is 1. The highest BCUT2D eigenvalue weighted by atomic mass is 32.2. The molecule has 0 unspecified atom stereocenters. The number of benzene rings is 3. The van der Waals surface area contributed by atoms with Crippen molar-refractivity contribution in [3.63, 3.8) is 0 Å². The smallest absolute Gasteiger partial charge is 0.336 e. The van der Waals surface area contributed by atoms with Crippen LogP contribution in [0.4, 0.5) is 5.69 Å². The average molecular weight is 463 g/mol. The monoisotopic (exact) mass is 462 g/mol. The second-order valence-electron chi connectivity index (χ2n) is 9.06. The molecule has 33 heavy (non-hydrogen) atoms. The Bertz CT molecular complexity index is 1410. The van der Waals surface area contributed by atoms with Gasteiger partial charge in [-0.3, -0.25) is 4.72 Å². The van der Waals surface area contributed by atoms with Gasteiger partial charge >= 0.3 is 5.97 Å². The zero-order valence-electron chi connectivity index (χ0n) is 18.7. The van der Waals surface area contributed by atoms with Gasteiger partial charge < -0.3 is 9.67 Å². The number of hydrogen-bond acceptors (Lipinski definition) is 3. The second kappa shape index (κ2) is 8.41. The Morgan fingerprint density at radius 3 is 2.21 bits per heavy atom. The molecule has 0 aliphatic carbocycles. The van der Waals surface area contributed by atoms with Crippen LogP contribution in [0.3, 0.4) is 0 Å². The highest BCUT2D eigenvalue weighted by molar-refractivity contribution is 7.92. The molecular formula is C26H26N2O4S. The molecule has 4 rings (SSSR count). The van der Waals surface area contributed by atoms with Gasteiger partial charge in [-0.05, 0) is 59.0 Å². The first kappa shape index (κ1) is 22.6. The molecule has 0 fully saturated rings. The lowest BCUT2D eigenvalue weighted by Crippen LogP contribution is -2.15. The Hall–Kier alpha value is -3.58. The highest BCUT2D eigenvalue weighted by Gasteiger charge is 2.18. The summed E-state index contributed by atoms with van der Waals surface area (Å²) < 4.78 is 30.1. The van der Waals surface area contributed by atoms with E-state index in [4.69, 9.17) is 0 Å². The van der Waals surface area contributed by atoms with Crippen molar-refractivity contribution in [3.05, 3.63) is 95.7 Å². The summed E-state index contributed by atoms with van der Waals surface area (Å²) in [4.78, 5) is 11.6. The van der Waals surface area contributed by atoms with E-state index < -0.39 is 16.0 Å². The van der Waals surface area contributed by atoms with Crippen molar-refractivity contribution >= 4 is 32.6 Å². The summed E-state index contributed by atoms with van der Waals surface area (Å²) >= 11 is 0. The Balaban J connectivity index is 1.50. The minimum Gasteiger partial charge on any atom is -0.478 e. The zero-order chi connectivity index (χ0) is 23.8. The lowest BCUT2D eigenvalue weighted by atomic mass is 9.87. The van der Waals surface area contributed by atoms with Crippen molar-refractivity contribution < 1.29 is 18.3 Å². The van der Waals surface area contributed by atoms with Crippen LogP contribution in [0.25, 0.3) is 10.9 Å². The predicted molar refractivity (Wildman–Crippen MR) is 130 cm³/mol. The summed E-state index contributed by atoms with van der Waals surface area (Å²) in [6.07, 6.45) is 1.86. The number of hydrogen-bond donors (Lipinski definition) is 2. The Morgan fingerprint density at radius 1 is 0.939 bits per heavy atom. The van der Waals surface area contributed by atoms with E-state index in [1.54, 1.807) is 42.5 Å². The van der Waals surface area contributed by atoms with Gasteiger partial charge in [0.15, 0.2) is 0 Å². The van der Waals surface area contributed by atoms with E-state index in [0.717, 1.165) is 16.6 Å². The quantitative estimate of drug-likeness (QED) is 0.397. The molecule has 6 nitrogen and oxygen atoms in total. The molecule has 0 aliphatic rings. The fourth-order valence-electron chi connectivity index (χ4n) is 3.77. The summed E-state index contributed by atoms with van der Waals surface area (Å²) in [6.45, 7) is 6.78.